The first-order chi connectivity index (χ1) is 9.96. The number of carbonyl (C=O) groups is 2. The molecule has 0 radical (unpaired) electrons. The molecule has 116 valence electrons. The van der Waals surface area contributed by atoms with E-state index in [0.29, 0.717) is 30.1 Å². The highest BCUT2D eigenvalue weighted by Crippen LogP contribution is 2.26. The Morgan fingerprint density at radius 2 is 2.05 bits per heavy atom. The van der Waals surface area contributed by atoms with E-state index >= 15 is 0 Å². The molecule has 2 amide bonds. The quantitative estimate of drug-likeness (QED) is 0.628. The molecule has 0 heterocycles. The smallest absolute Gasteiger partial charge is 0.238 e. The van der Waals surface area contributed by atoms with Crippen LogP contribution in [0.25, 0.3) is 0 Å². The summed E-state index contributed by atoms with van der Waals surface area (Å²) in [6.07, 6.45) is 0.349. The SMILES string of the molecule is CNC(=O)CCN(C)CC(=O)Nc1cc(N)ccc1OC. The first-order valence-corrected chi connectivity index (χ1v) is 6.58. The Balaban J connectivity index is 2.53. The molecule has 0 aliphatic carbocycles. The number of nitrogens with two attached hydrogens (primary N) is 1. The van der Waals surface area contributed by atoms with Crippen LogP contribution in [-0.2, 0) is 9.59 Å². The molecule has 0 saturated heterocycles. The molecule has 0 saturated carbocycles. The monoisotopic (exact) mass is 294 g/mol. The minimum atomic E-state index is -0.196. The molecular weight excluding hydrogens is 272 g/mol. The van der Waals surface area contributed by atoms with Gasteiger partial charge < -0.3 is 21.1 Å². The number of rotatable bonds is 7. The van der Waals surface area contributed by atoms with Crippen molar-refractivity contribution in [3.63, 3.8) is 0 Å². The minimum Gasteiger partial charge on any atom is -0.495 e. The lowest BCUT2D eigenvalue weighted by molar-refractivity contribution is -0.122. The fourth-order valence-corrected chi connectivity index (χ4v) is 1.75. The van der Waals surface area contributed by atoms with E-state index in [2.05, 4.69) is 10.6 Å². The summed E-state index contributed by atoms with van der Waals surface area (Å²) in [5.41, 5.74) is 6.76. The highest BCUT2D eigenvalue weighted by molar-refractivity contribution is 5.94. The number of amides is 2. The average Bonchev–Trinajstić information content (AvgIpc) is 2.44. The molecule has 1 aromatic rings. The van der Waals surface area contributed by atoms with Crippen molar-refractivity contribution in [2.24, 2.45) is 0 Å². The normalized spacial score (nSPS) is 10.3. The number of hydrogen-bond acceptors (Lipinski definition) is 5. The predicted molar refractivity (Wildman–Crippen MR) is 82.2 cm³/mol. The zero-order valence-corrected chi connectivity index (χ0v) is 12.6. The number of nitrogens with one attached hydrogen (secondary N) is 2. The van der Waals surface area contributed by atoms with Gasteiger partial charge in [0.05, 0.1) is 19.3 Å². The van der Waals surface area contributed by atoms with Gasteiger partial charge in [-0.2, -0.15) is 0 Å². The van der Waals surface area contributed by atoms with E-state index in [1.54, 1.807) is 37.2 Å². The van der Waals surface area contributed by atoms with Crippen LogP contribution in [0.3, 0.4) is 0 Å². The Kier molecular flexibility index (Phi) is 6.48. The molecule has 0 aliphatic heterocycles. The zero-order chi connectivity index (χ0) is 15.8. The maximum atomic E-state index is 12.0. The lowest BCUT2D eigenvalue weighted by atomic mass is 10.2. The molecule has 7 nitrogen and oxygen atoms in total. The van der Waals surface area contributed by atoms with Gasteiger partial charge in [0.2, 0.25) is 11.8 Å². The molecule has 1 rings (SSSR count). The van der Waals surface area contributed by atoms with Crippen LogP contribution < -0.4 is 21.1 Å². The molecule has 0 fully saturated rings. The van der Waals surface area contributed by atoms with Crippen LogP contribution in [0.4, 0.5) is 11.4 Å². The van der Waals surface area contributed by atoms with E-state index in [1.165, 1.54) is 7.11 Å². The number of hydrogen-bond donors (Lipinski definition) is 3. The van der Waals surface area contributed by atoms with Gasteiger partial charge in [-0.3, -0.25) is 14.5 Å². The van der Waals surface area contributed by atoms with Crippen molar-refractivity contribution in [2.75, 3.05) is 45.3 Å². The summed E-state index contributed by atoms with van der Waals surface area (Å²) in [6.45, 7) is 0.677. The molecule has 7 heteroatoms. The van der Waals surface area contributed by atoms with Crippen LogP contribution >= 0.6 is 0 Å². The second-order valence-electron chi connectivity index (χ2n) is 4.67. The maximum Gasteiger partial charge on any atom is 0.238 e. The first-order valence-electron chi connectivity index (χ1n) is 6.58. The van der Waals surface area contributed by atoms with Crippen molar-refractivity contribution in [3.05, 3.63) is 18.2 Å². The van der Waals surface area contributed by atoms with Gasteiger partial charge in [0.25, 0.3) is 0 Å². The maximum absolute atomic E-state index is 12.0. The van der Waals surface area contributed by atoms with Crippen molar-refractivity contribution in [1.29, 1.82) is 0 Å². The van der Waals surface area contributed by atoms with Gasteiger partial charge in [0.15, 0.2) is 0 Å². The summed E-state index contributed by atoms with van der Waals surface area (Å²) in [7, 11) is 4.89. The molecule has 0 aromatic heterocycles. The highest BCUT2D eigenvalue weighted by Gasteiger charge is 2.11. The predicted octanol–water partition coefficient (Wildman–Crippen LogP) is 0.284. The van der Waals surface area contributed by atoms with Crippen LogP contribution in [0.5, 0.6) is 5.75 Å². The standard InChI is InChI=1S/C14H22N4O3/c1-16-13(19)6-7-18(2)9-14(20)17-11-8-10(15)4-5-12(11)21-3/h4-5,8H,6-7,9,15H2,1-3H3,(H,16,19)(H,17,20). The lowest BCUT2D eigenvalue weighted by Crippen LogP contribution is -2.33. The Morgan fingerprint density at radius 3 is 2.67 bits per heavy atom. The third-order valence-corrected chi connectivity index (χ3v) is 2.91. The summed E-state index contributed by atoms with van der Waals surface area (Å²) < 4.78 is 5.16. The number of carbonyl (C=O) groups excluding carboxylic acids is 2. The molecular formula is C14H22N4O3. The van der Waals surface area contributed by atoms with Gasteiger partial charge in [0, 0.05) is 25.7 Å². The van der Waals surface area contributed by atoms with Crippen molar-refractivity contribution in [3.8, 4) is 5.75 Å². The van der Waals surface area contributed by atoms with Gasteiger partial charge >= 0.3 is 0 Å². The largest absolute Gasteiger partial charge is 0.495 e. The lowest BCUT2D eigenvalue weighted by Gasteiger charge is -2.16. The van der Waals surface area contributed by atoms with Gasteiger partial charge in [-0.05, 0) is 25.2 Å². The van der Waals surface area contributed by atoms with Crippen molar-refractivity contribution < 1.29 is 14.3 Å². The fourth-order valence-electron chi connectivity index (χ4n) is 1.75. The number of benzene rings is 1. The summed E-state index contributed by atoms with van der Waals surface area (Å²) >= 11 is 0. The van der Waals surface area contributed by atoms with E-state index < -0.39 is 0 Å². The summed E-state index contributed by atoms with van der Waals surface area (Å²) in [4.78, 5) is 24.9. The minimum absolute atomic E-state index is 0.0558. The second-order valence-corrected chi connectivity index (χ2v) is 4.67. The zero-order valence-electron chi connectivity index (χ0n) is 12.6. The van der Waals surface area contributed by atoms with E-state index in [-0.39, 0.29) is 18.4 Å². The van der Waals surface area contributed by atoms with Crippen molar-refractivity contribution >= 4 is 23.2 Å². The topological polar surface area (TPSA) is 96.7 Å². The molecule has 1 aromatic carbocycles. The molecule has 0 atom stereocenters. The Bertz CT molecular complexity index is 505. The Hall–Kier alpha value is -2.28. The number of likely N-dealkylation sites (N-methyl/N-ethyl adjacent to an activating group) is 1. The highest BCUT2D eigenvalue weighted by atomic mass is 16.5. The Morgan fingerprint density at radius 1 is 1.33 bits per heavy atom. The van der Waals surface area contributed by atoms with E-state index in [9.17, 15) is 9.59 Å². The van der Waals surface area contributed by atoms with Crippen LogP contribution in [0.2, 0.25) is 0 Å². The summed E-state index contributed by atoms with van der Waals surface area (Å²) in [5, 5.41) is 5.29. The molecule has 0 unspecified atom stereocenters. The first kappa shape index (κ1) is 16.8. The second kappa shape index (κ2) is 8.11. The molecule has 0 aliphatic rings. The van der Waals surface area contributed by atoms with E-state index in [0.717, 1.165) is 0 Å². The van der Waals surface area contributed by atoms with E-state index in [4.69, 9.17) is 10.5 Å². The Labute approximate surface area is 124 Å². The average molecular weight is 294 g/mol. The van der Waals surface area contributed by atoms with E-state index in [1.807, 2.05) is 0 Å². The molecule has 21 heavy (non-hydrogen) atoms. The number of nitrogens with zero attached hydrogens (tertiary/aromatic N) is 1. The van der Waals surface area contributed by atoms with Gasteiger partial charge in [-0.25, -0.2) is 0 Å². The summed E-state index contributed by atoms with van der Waals surface area (Å²) in [6, 6.07) is 5.03. The number of ether oxygens (including phenoxy) is 1. The number of anilines is 2. The van der Waals surface area contributed by atoms with Gasteiger partial charge in [-0.1, -0.05) is 0 Å². The number of methoxy groups -OCH3 is 1. The summed E-state index contributed by atoms with van der Waals surface area (Å²) in [5.74, 6) is 0.295. The fraction of sp³-hybridized carbons (Fsp3) is 0.429. The van der Waals surface area contributed by atoms with Crippen molar-refractivity contribution in [2.45, 2.75) is 6.42 Å². The van der Waals surface area contributed by atoms with Crippen LogP contribution in [-0.4, -0.2) is 51.0 Å². The van der Waals surface area contributed by atoms with Crippen molar-refractivity contribution in [1.82, 2.24) is 10.2 Å². The van der Waals surface area contributed by atoms with Gasteiger partial charge in [0.1, 0.15) is 5.75 Å². The number of nitrogen functional groups attached to an aromatic ring is 1. The van der Waals surface area contributed by atoms with Crippen LogP contribution in [0.1, 0.15) is 6.42 Å². The molecule has 4 N–H and O–H groups in total. The van der Waals surface area contributed by atoms with Gasteiger partial charge in [-0.15, -0.1) is 0 Å². The van der Waals surface area contributed by atoms with Crippen LogP contribution in [0.15, 0.2) is 18.2 Å². The molecule has 0 spiro atoms. The third-order valence-electron chi connectivity index (χ3n) is 2.91. The van der Waals surface area contributed by atoms with Crippen LogP contribution in [0, 0.1) is 0 Å². The third kappa shape index (κ3) is 5.70. The molecule has 0 bridgehead atoms.